The van der Waals surface area contributed by atoms with Crippen LogP contribution in [0.4, 0.5) is 24.5 Å². The predicted molar refractivity (Wildman–Crippen MR) is 81.3 cm³/mol. The molecule has 0 spiro atoms. The fraction of sp³-hybridized carbons (Fsp3) is 0.312. The van der Waals surface area contributed by atoms with Crippen molar-refractivity contribution in [3.8, 4) is 5.88 Å². The van der Waals surface area contributed by atoms with Gasteiger partial charge in [-0.15, -0.1) is 0 Å². The van der Waals surface area contributed by atoms with Crippen molar-refractivity contribution in [2.75, 3.05) is 23.7 Å². The molecule has 1 aromatic carbocycles. The number of pyridine rings is 1. The molecule has 1 aliphatic rings. The zero-order valence-corrected chi connectivity index (χ0v) is 12.3. The Bertz CT molecular complexity index is 673. The summed E-state index contributed by atoms with van der Waals surface area (Å²) in [4.78, 5) is 5.84. The Kier molecular flexibility index (Phi) is 4.02. The average molecular weight is 323 g/mol. The standard InChI is InChI=1S/C16H16F3N3O/c17-16(18,19)11-5-6-15(21-9-11)23-12-7-8-22(10-12)14-4-2-1-3-13(14)20/h1-6,9,12H,7-8,10,20H2/t12-/m1/s1. The molecule has 2 heterocycles. The Balaban J connectivity index is 1.63. The molecule has 0 radical (unpaired) electrons. The summed E-state index contributed by atoms with van der Waals surface area (Å²) < 4.78 is 43.2. The maximum absolute atomic E-state index is 12.5. The first kappa shape index (κ1) is 15.5. The predicted octanol–water partition coefficient (Wildman–Crippen LogP) is 3.34. The largest absolute Gasteiger partial charge is 0.472 e. The number of para-hydroxylation sites is 2. The lowest BCUT2D eigenvalue weighted by Crippen LogP contribution is -2.25. The van der Waals surface area contributed by atoms with Crippen molar-refractivity contribution in [3.05, 3.63) is 48.2 Å². The van der Waals surface area contributed by atoms with Crippen LogP contribution in [0.3, 0.4) is 0 Å². The Morgan fingerprint density at radius 1 is 1.17 bits per heavy atom. The van der Waals surface area contributed by atoms with E-state index in [0.29, 0.717) is 12.2 Å². The smallest absolute Gasteiger partial charge is 0.417 e. The summed E-state index contributed by atoms with van der Waals surface area (Å²) in [6.45, 7) is 1.40. The number of benzene rings is 1. The van der Waals surface area contributed by atoms with E-state index in [2.05, 4.69) is 9.88 Å². The van der Waals surface area contributed by atoms with Crippen LogP contribution in [0.25, 0.3) is 0 Å². The molecule has 0 unspecified atom stereocenters. The number of anilines is 2. The van der Waals surface area contributed by atoms with E-state index in [4.69, 9.17) is 10.5 Å². The van der Waals surface area contributed by atoms with Crippen LogP contribution in [-0.4, -0.2) is 24.2 Å². The van der Waals surface area contributed by atoms with E-state index in [1.165, 1.54) is 6.07 Å². The molecule has 23 heavy (non-hydrogen) atoms. The summed E-state index contributed by atoms with van der Waals surface area (Å²) in [6.07, 6.45) is -2.96. The van der Waals surface area contributed by atoms with Gasteiger partial charge in [-0.05, 0) is 18.2 Å². The number of nitrogen functional groups attached to an aromatic ring is 1. The highest BCUT2D eigenvalue weighted by Gasteiger charge is 2.31. The van der Waals surface area contributed by atoms with Crippen LogP contribution >= 0.6 is 0 Å². The summed E-state index contributed by atoms with van der Waals surface area (Å²) in [6, 6.07) is 9.79. The molecule has 0 saturated carbocycles. The molecule has 1 aliphatic heterocycles. The summed E-state index contributed by atoms with van der Waals surface area (Å²) >= 11 is 0. The lowest BCUT2D eigenvalue weighted by molar-refractivity contribution is -0.137. The van der Waals surface area contributed by atoms with Crippen LogP contribution < -0.4 is 15.4 Å². The molecule has 0 aliphatic carbocycles. The first-order valence-corrected chi connectivity index (χ1v) is 7.23. The molecular weight excluding hydrogens is 307 g/mol. The van der Waals surface area contributed by atoms with Crippen LogP contribution in [0.2, 0.25) is 0 Å². The van der Waals surface area contributed by atoms with Crippen molar-refractivity contribution in [1.82, 2.24) is 4.98 Å². The minimum absolute atomic E-state index is 0.126. The number of nitrogens with two attached hydrogens (primary N) is 1. The second-order valence-corrected chi connectivity index (χ2v) is 5.42. The molecule has 2 N–H and O–H groups in total. The van der Waals surface area contributed by atoms with Gasteiger partial charge in [-0.1, -0.05) is 12.1 Å². The molecule has 0 amide bonds. The molecule has 1 atom stereocenters. The number of hydrogen-bond donors (Lipinski definition) is 1. The SMILES string of the molecule is Nc1ccccc1N1CC[C@@H](Oc2ccc(C(F)(F)F)cn2)C1. The number of nitrogens with zero attached hydrogens (tertiary/aromatic N) is 2. The zero-order chi connectivity index (χ0) is 16.4. The molecule has 7 heteroatoms. The molecule has 1 aromatic heterocycles. The van der Waals surface area contributed by atoms with E-state index in [0.717, 1.165) is 30.9 Å². The molecule has 0 bridgehead atoms. The average Bonchev–Trinajstić information content (AvgIpc) is 2.95. The van der Waals surface area contributed by atoms with Crippen molar-refractivity contribution in [2.45, 2.75) is 18.7 Å². The van der Waals surface area contributed by atoms with Crippen LogP contribution in [-0.2, 0) is 6.18 Å². The van der Waals surface area contributed by atoms with Gasteiger partial charge in [-0.2, -0.15) is 13.2 Å². The molecular formula is C16H16F3N3O. The third-order valence-electron chi connectivity index (χ3n) is 3.77. The van der Waals surface area contributed by atoms with Gasteiger partial charge in [-0.25, -0.2) is 4.98 Å². The number of halogens is 3. The quantitative estimate of drug-likeness (QED) is 0.880. The minimum atomic E-state index is -4.39. The highest BCUT2D eigenvalue weighted by molar-refractivity contribution is 5.67. The molecule has 3 rings (SSSR count). The Morgan fingerprint density at radius 2 is 1.96 bits per heavy atom. The maximum atomic E-state index is 12.5. The van der Waals surface area contributed by atoms with Crippen LogP contribution in [0.5, 0.6) is 5.88 Å². The van der Waals surface area contributed by atoms with Crippen molar-refractivity contribution >= 4 is 11.4 Å². The molecule has 1 fully saturated rings. The number of rotatable bonds is 3. The van der Waals surface area contributed by atoms with Crippen molar-refractivity contribution in [2.24, 2.45) is 0 Å². The fourth-order valence-corrected chi connectivity index (χ4v) is 2.61. The van der Waals surface area contributed by atoms with E-state index < -0.39 is 11.7 Å². The number of alkyl halides is 3. The third kappa shape index (κ3) is 3.49. The van der Waals surface area contributed by atoms with Gasteiger partial charge in [-0.3, -0.25) is 0 Å². The van der Waals surface area contributed by atoms with E-state index >= 15 is 0 Å². The Morgan fingerprint density at radius 3 is 2.61 bits per heavy atom. The van der Waals surface area contributed by atoms with Gasteiger partial charge in [0, 0.05) is 25.2 Å². The summed E-state index contributed by atoms with van der Waals surface area (Å²) in [5, 5.41) is 0. The number of aromatic nitrogens is 1. The van der Waals surface area contributed by atoms with Gasteiger partial charge in [0.05, 0.1) is 23.5 Å². The van der Waals surface area contributed by atoms with Crippen molar-refractivity contribution in [1.29, 1.82) is 0 Å². The molecule has 1 saturated heterocycles. The van der Waals surface area contributed by atoms with Gasteiger partial charge >= 0.3 is 6.18 Å². The first-order chi connectivity index (χ1) is 10.9. The van der Waals surface area contributed by atoms with E-state index in [-0.39, 0.29) is 12.0 Å². The normalized spacial score (nSPS) is 18.2. The second-order valence-electron chi connectivity index (χ2n) is 5.42. The molecule has 122 valence electrons. The first-order valence-electron chi connectivity index (χ1n) is 7.23. The Hall–Kier alpha value is -2.44. The minimum Gasteiger partial charge on any atom is -0.472 e. The molecule has 4 nitrogen and oxygen atoms in total. The van der Waals surface area contributed by atoms with E-state index in [1.54, 1.807) is 0 Å². The summed E-state index contributed by atoms with van der Waals surface area (Å²) in [5.41, 5.74) is 6.81. The third-order valence-corrected chi connectivity index (χ3v) is 3.77. The monoisotopic (exact) mass is 323 g/mol. The van der Waals surface area contributed by atoms with Crippen molar-refractivity contribution in [3.63, 3.8) is 0 Å². The van der Waals surface area contributed by atoms with Gasteiger partial charge in [0.1, 0.15) is 6.10 Å². The summed E-state index contributed by atoms with van der Waals surface area (Å²) in [7, 11) is 0. The second kappa shape index (κ2) is 5.98. The Labute approximate surface area is 131 Å². The lowest BCUT2D eigenvalue weighted by Gasteiger charge is -2.20. The topological polar surface area (TPSA) is 51.4 Å². The number of hydrogen-bond acceptors (Lipinski definition) is 4. The highest BCUT2D eigenvalue weighted by Crippen LogP contribution is 2.30. The van der Waals surface area contributed by atoms with Gasteiger partial charge in [0.2, 0.25) is 5.88 Å². The highest BCUT2D eigenvalue weighted by atomic mass is 19.4. The van der Waals surface area contributed by atoms with E-state index in [9.17, 15) is 13.2 Å². The van der Waals surface area contributed by atoms with Crippen LogP contribution in [0, 0.1) is 0 Å². The fourth-order valence-electron chi connectivity index (χ4n) is 2.61. The van der Waals surface area contributed by atoms with Gasteiger partial charge in [0.25, 0.3) is 0 Å². The lowest BCUT2D eigenvalue weighted by atomic mass is 10.2. The number of ether oxygens (including phenoxy) is 1. The van der Waals surface area contributed by atoms with Gasteiger partial charge in [0.15, 0.2) is 0 Å². The molecule has 2 aromatic rings. The van der Waals surface area contributed by atoms with Crippen LogP contribution in [0.1, 0.15) is 12.0 Å². The van der Waals surface area contributed by atoms with E-state index in [1.807, 2.05) is 24.3 Å². The van der Waals surface area contributed by atoms with Crippen molar-refractivity contribution < 1.29 is 17.9 Å². The van der Waals surface area contributed by atoms with Gasteiger partial charge < -0.3 is 15.4 Å². The summed E-state index contributed by atoms with van der Waals surface area (Å²) in [5.74, 6) is 0.200. The maximum Gasteiger partial charge on any atom is 0.417 e. The van der Waals surface area contributed by atoms with Crippen LogP contribution in [0.15, 0.2) is 42.6 Å². The zero-order valence-electron chi connectivity index (χ0n) is 12.3.